The van der Waals surface area contributed by atoms with Crippen LogP contribution in [0.4, 0.5) is 5.82 Å². The average molecular weight is 284 g/mol. The van der Waals surface area contributed by atoms with E-state index in [4.69, 9.17) is 4.74 Å². The van der Waals surface area contributed by atoms with Crippen molar-refractivity contribution in [1.29, 1.82) is 0 Å². The first-order valence-corrected chi connectivity index (χ1v) is 7.60. The predicted molar refractivity (Wildman–Crippen MR) is 87.9 cm³/mol. The van der Waals surface area contributed by atoms with Gasteiger partial charge in [0.15, 0.2) is 0 Å². The lowest BCUT2D eigenvalue weighted by Gasteiger charge is -2.10. The van der Waals surface area contributed by atoms with Gasteiger partial charge in [-0.3, -0.25) is 0 Å². The van der Waals surface area contributed by atoms with Crippen LogP contribution in [0, 0.1) is 0 Å². The van der Waals surface area contributed by atoms with Crippen LogP contribution >= 0.6 is 0 Å². The maximum Gasteiger partial charge on any atom is 0.125 e. The van der Waals surface area contributed by atoms with Gasteiger partial charge in [-0.1, -0.05) is 39.0 Å². The molecule has 3 nitrogen and oxygen atoms in total. The molecule has 2 aromatic rings. The van der Waals surface area contributed by atoms with E-state index in [1.807, 2.05) is 24.4 Å². The van der Waals surface area contributed by atoms with Gasteiger partial charge in [0.05, 0.1) is 0 Å². The highest BCUT2D eigenvalue weighted by molar-refractivity contribution is 5.35. The molecule has 1 heterocycles. The minimum atomic E-state index is 0.513. The number of ether oxygens (including phenoxy) is 1. The summed E-state index contributed by atoms with van der Waals surface area (Å²) in [7, 11) is 0. The van der Waals surface area contributed by atoms with E-state index in [2.05, 4.69) is 49.3 Å². The van der Waals surface area contributed by atoms with Crippen molar-refractivity contribution in [3.63, 3.8) is 0 Å². The second-order valence-corrected chi connectivity index (χ2v) is 5.49. The number of hydrogen-bond donors (Lipinski definition) is 1. The van der Waals surface area contributed by atoms with Gasteiger partial charge in [-0.05, 0) is 36.1 Å². The molecule has 3 heteroatoms. The van der Waals surface area contributed by atoms with E-state index in [0.717, 1.165) is 30.1 Å². The van der Waals surface area contributed by atoms with Crippen LogP contribution in [0.3, 0.4) is 0 Å². The highest BCUT2D eigenvalue weighted by Crippen LogP contribution is 2.21. The minimum Gasteiger partial charge on any atom is -0.489 e. The van der Waals surface area contributed by atoms with Gasteiger partial charge in [-0.15, -0.1) is 0 Å². The Hall–Kier alpha value is -2.03. The van der Waals surface area contributed by atoms with E-state index in [-0.39, 0.29) is 0 Å². The molecular weight excluding hydrogens is 260 g/mol. The van der Waals surface area contributed by atoms with Crippen LogP contribution in [0.5, 0.6) is 5.75 Å². The molecule has 0 bridgehead atoms. The van der Waals surface area contributed by atoms with E-state index in [1.165, 1.54) is 5.56 Å². The number of anilines is 1. The summed E-state index contributed by atoms with van der Waals surface area (Å²) in [4.78, 5) is 4.38. The first-order valence-electron chi connectivity index (χ1n) is 7.60. The number of nitrogens with one attached hydrogen (secondary N) is 1. The molecule has 1 N–H and O–H groups in total. The molecule has 0 aliphatic rings. The Bertz CT molecular complexity index is 549. The van der Waals surface area contributed by atoms with Gasteiger partial charge in [-0.2, -0.15) is 0 Å². The third-order valence-electron chi connectivity index (χ3n) is 3.31. The Balaban J connectivity index is 1.92. The molecule has 21 heavy (non-hydrogen) atoms. The van der Waals surface area contributed by atoms with Crippen LogP contribution in [0.1, 0.15) is 44.2 Å². The Kier molecular flexibility index (Phi) is 5.61. The number of hydrogen-bond acceptors (Lipinski definition) is 3. The zero-order chi connectivity index (χ0) is 15.1. The van der Waals surface area contributed by atoms with Gasteiger partial charge in [-0.25, -0.2) is 4.98 Å². The van der Waals surface area contributed by atoms with Gasteiger partial charge in [0.2, 0.25) is 0 Å². The molecule has 0 radical (unpaired) electrons. The first kappa shape index (κ1) is 15.4. The standard InChI is InChI=1S/C18H24N2O/c1-4-10-19-18-9-8-15(12-20-18)13-21-17-7-5-6-16(11-17)14(2)3/h5-9,11-12,14H,4,10,13H2,1-3H3,(H,19,20). The fourth-order valence-corrected chi connectivity index (χ4v) is 2.00. The first-order chi connectivity index (χ1) is 10.2. The summed E-state index contributed by atoms with van der Waals surface area (Å²) in [5, 5.41) is 3.26. The zero-order valence-corrected chi connectivity index (χ0v) is 13.1. The van der Waals surface area contributed by atoms with Crippen LogP contribution in [0.25, 0.3) is 0 Å². The van der Waals surface area contributed by atoms with E-state index in [1.54, 1.807) is 0 Å². The highest BCUT2D eigenvalue weighted by Gasteiger charge is 2.02. The predicted octanol–water partition coefficient (Wildman–Crippen LogP) is 4.61. The maximum absolute atomic E-state index is 5.84. The molecule has 0 unspecified atom stereocenters. The fraction of sp³-hybridized carbons (Fsp3) is 0.389. The van der Waals surface area contributed by atoms with E-state index in [0.29, 0.717) is 12.5 Å². The Labute approximate surface area is 127 Å². The fourth-order valence-electron chi connectivity index (χ4n) is 2.00. The summed E-state index contributed by atoms with van der Waals surface area (Å²) in [6.07, 6.45) is 2.96. The molecular formula is C18H24N2O. The molecule has 0 saturated heterocycles. The molecule has 0 amide bonds. The quantitative estimate of drug-likeness (QED) is 0.806. The second-order valence-electron chi connectivity index (χ2n) is 5.49. The molecule has 2 rings (SSSR count). The van der Waals surface area contributed by atoms with Gasteiger partial charge < -0.3 is 10.1 Å². The van der Waals surface area contributed by atoms with Crippen molar-refractivity contribution >= 4 is 5.82 Å². The van der Waals surface area contributed by atoms with E-state index >= 15 is 0 Å². The van der Waals surface area contributed by atoms with Crippen molar-refractivity contribution in [2.24, 2.45) is 0 Å². The largest absolute Gasteiger partial charge is 0.489 e. The highest BCUT2D eigenvalue weighted by atomic mass is 16.5. The Morgan fingerprint density at radius 1 is 1.19 bits per heavy atom. The summed E-state index contributed by atoms with van der Waals surface area (Å²) in [5.74, 6) is 2.34. The number of nitrogens with zero attached hydrogens (tertiary/aromatic N) is 1. The van der Waals surface area contributed by atoms with Crippen LogP contribution in [-0.4, -0.2) is 11.5 Å². The summed E-state index contributed by atoms with van der Waals surface area (Å²) in [6.45, 7) is 8.00. The van der Waals surface area contributed by atoms with Crippen LogP contribution in [0.2, 0.25) is 0 Å². The topological polar surface area (TPSA) is 34.1 Å². The van der Waals surface area contributed by atoms with Gasteiger partial charge >= 0.3 is 0 Å². The van der Waals surface area contributed by atoms with Gasteiger partial charge in [0, 0.05) is 18.3 Å². The minimum absolute atomic E-state index is 0.513. The lowest BCUT2D eigenvalue weighted by molar-refractivity contribution is 0.305. The van der Waals surface area contributed by atoms with Crippen molar-refractivity contribution in [3.8, 4) is 5.75 Å². The summed E-state index contributed by atoms with van der Waals surface area (Å²) in [6, 6.07) is 12.3. The normalized spacial score (nSPS) is 10.7. The number of benzene rings is 1. The van der Waals surface area contributed by atoms with Gasteiger partial charge in [0.25, 0.3) is 0 Å². The second kappa shape index (κ2) is 7.67. The monoisotopic (exact) mass is 284 g/mol. The van der Waals surface area contributed by atoms with Crippen LogP contribution in [-0.2, 0) is 6.61 Å². The lowest BCUT2D eigenvalue weighted by atomic mass is 10.0. The third-order valence-corrected chi connectivity index (χ3v) is 3.31. The summed E-state index contributed by atoms with van der Waals surface area (Å²) < 4.78 is 5.84. The molecule has 0 aliphatic carbocycles. The van der Waals surface area contributed by atoms with Crippen LogP contribution in [0.15, 0.2) is 42.6 Å². The van der Waals surface area contributed by atoms with Crippen molar-refractivity contribution in [1.82, 2.24) is 4.98 Å². The SMILES string of the molecule is CCCNc1ccc(COc2cccc(C(C)C)c2)cn1. The molecule has 0 saturated carbocycles. The molecule has 112 valence electrons. The maximum atomic E-state index is 5.84. The summed E-state index contributed by atoms with van der Waals surface area (Å²) in [5.41, 5.74) is 2.37. The summed E-state index contributed by atoms with van der Waals surface area (Å²) >= 11 is 0. The molecule has 1 aromatic heterocycles. The molecule has 1 aromatic carbocycles. The average Bonchev–Trinajstić information content (AvgIpc) is 2.52. The van der Waals surface area contributed by atoms with Gasteiger partial charge in [0.1, 0.15) is 18.2 Å². The zero-order valence-electron chi connectivity index (χ0n) is 13.1. The number of aromatic nitrogens is 1. The van der Waals surface area contributed by atoms with E-state index in [9.17, 15) is 0 Å². The molecule has 0 fully saturated rings. The lowest BCUT2D eigenvalue weighted by Crippen LogP contribution is -2.02. The van der Waals surface area contributed by atoms with E-state index < -0.39 is 0 Å². The third kappa shape index (κ3) is 4.78. The Morgan fingerprint density at radius 3 is 2.71 bits per heavy atom. The van der Waals surface area contributed by atoms with Crippen molar-refractivity contribution in [2.75, 3.05) is 11.9 Å². The van der Waals surface area contributed by atoms with Crippen LogP contribution < -0.4 is 10.1 Å². The molecule has 0 spiro atoms. The number of pyridine rings is 1. The van der Waals surface area contributed by atoms with Crippen molar-refractivity contribution in [3.05, 3.63) is 53.7 Å². The van der Waals surface area contributed by atoms with Crippen molar-refractivity contribution < 1.29 is 4.74 Å². The number of rotatable bonds is 7. The smallest absolute Gasteiger partial charge is 0.125 e. The van der Waals surface area contributed by atoms with Crippen molar-refractivity contribution in [2.45, 2.75) is 39.7 Å². The molecule has 0 atom stereocenters. The Morgan fingerprint density at radius 2 is 2.05 bits per heavy atom. The molecule has 0 aliphatic heterocycles.